The van der Waals surface area contributed by atoms with Crippen molar-refractivity contribution >= 4 is 22.5 Å². The van der Waals surface area contributed by atoms with E-state index in [4.69, 9.17) is 11.6 Å². The van der Waals surface area contributed by atoms with Gasteiger partial charge in [0.25, 0.3) is 0 Å². The lowest BCUT2D eigenvalue weighted by Gasteiger charge is -2.10. The molecule has 0 fully saturated rings. The molecule has 0 radical (unpaired) electrons. The average molecular weight is 223 g/mol. The summed E-state index contributed by atoms with van der Waals surface area (Å²) in [5.74, 6) is 0. The molecule has 0 saturated carbocycles. The van der Waals surface area contributed by atoms with Crippen LogP contribution in [0.25, 0.3) is 10.9 Å². The zero-order chi connectivity index (χ0) is 10.8. The van der Waals surface area contributed by atoms with E-state index in [1.807, 2.05) is 18.3 Å². The van der Waals surface area contributed by atoms with Crippen LogP contribution in [-0.4, -0.2) is 30.1 Å². The summed E-state index contributed by atoms with van der Waals surface area (Å²) in [6.07, 6.45) is 2.01. The van der Waals surface area contributed by atoms with E-state index in [9.17, 15) is 0 Å². The topological polar surface area (TPSA) is 8.17 Å². The van der Waals surface area contributed by atoms with Gasteiger partial charge < -0.3 is 9.47 Å². The molecule has 1 aromatic heterocycles. The normalized spacial score (nSPS) is 11.5. The van der Waals surface area contributed by atoms with Crippen molar-refractivity contribution in [2.24, 2.45) is 0 Å². The Balaban J connectivity index is 2.35. The lowest BCUT2D eigenvalue weighted by atomic mass is 10.2. The standard InChI is InChI=1S/C12H15ClN2/c1-14(2)7-8-15-9-11(13)10-5-3-4-6-12(10)15/h3-6,9H,7-8H2,1-2H3. The van der Waals surface area contributed by atoms with Crippen LogP contribution in [0.1, 0.15) is 0 Å². The maximum absolute atomic E-state index is 6.16. The van der Waals surface area contributed by atoms with Gasteiger partial charge in [-0.05, 0) is 20.2 Å². The van der Waals surface area contributed by atoms with Gasteiger partial charge in [0, 0.05) is 30.2 Å². The second-order valence-corrected chi connectivity index (χ2v) is 4.40. The summed E-state index contributed by atoms with van der Waals surface area (Å²) in [5.41, 5.74) is 1.21. The largest absolute Gasteiger partial charge is 0.345 e. The molecular formula is C12H15ClN2. The van der Waals surface area contributed by atoms with Gasteiger partial charge in [-0.2, -0.15) is 0 Å². The Morgan fingerprint density at radius 1 is 1.27 bits per heavy atom. The molecule has 0 aliphatic rings. The van der Waals surface area contributed by atoms with Gasteiger partial charge in [0.1, 0.15) is 0 Å². The van der Waals surface area contributed by atoms with E-state index in [0.717, 1.165) is 23.5 Å². The van der Waals surface area contributed by atoms with Gasteiger partial charge in [0.2, 0.25) is 0 Å². The SMILES string of the molecule is CN(C)CCn1cc(Cl)c2ccccc21. The van der Waals surface area contributed by atoms with E-state index in [-0.39, 0.29) is 0 Å². The number of hydrogen-bond donors (Lipinski definition) is 0. The highest BCUT2D eigenvalue weighted by Crippen LogP contribution is 2.25. The second kappa shape index (κ2) is 4.25. The lowest BCUT2D eigenvalue weighted by molar-refractivity contribution is 0.387. The Bertz CT molecular complexity index is 460. The minimum atomic E-state index is 0.837. The first-order chi connectivity index (χ1) is 7.18. The molecule has 1 aromatic carbocycles. The second-order valence-electron chi connectivity index (χ2n) is 3.99. The molecule has 0 aliphatic heterocycles. The van der Waals surface area contributed by atoms with Crippen molar-refractivity contribution in [1.29, 1.82) is 0 Å². The number of halogens is 1. The summed E-state index contributed by atoms with van der Waals surface area (Å²) in [6, 6.07) is 8.23. The summed E-state index contributed by atoms with van der Waals surface area (Å²) >= 11 is 6.16. The molecule has 0 bridgehead atoms. The fraction of sp³-hybridized carbons (Fsp3) is 0.333. The number of benzene rings is 1. The zero-order valence-corrected chi connectivity index (χ0v) is 9.83. The Labute approximate surface area is 95.1 Å². The number of aromatic nitrogens is 1. The van der Waals surface area contributed by atoms with Gasteiger partial charge in [0.05, 0.1) is 5.02 Å². The minimum Gasteiger partial charge on any atom is -0.345 e. The van der Waals surface area contributed by atoms with Gasteiger partial charge in [-0.3, -0.25) is 0 Å². The molecule has 2 nitrogen and oxygen atoms in total. The van der Waals surface area contributed by atoms with E-state index < -0.39 is 0 Å². The molecule has 1 heterocycles. The molecule has 0 spiro atoms. The molecule has 80 valence electrons. The molecule has 0 unspecified atom stereocenters. The molecule has 0 amide bonds. The minimum absolute atomic E-state index is 0.837. The molecule has 3 heteroatoms. The average Bonchev–Trinajstić information content (AvgIpc) is 2.54. The number of para-hydroxylation sites is 1. The van der Waals surface area contributed by atoms with Crippen LogP contribution in [0, 0.1) is 0 Å². The van der Waals surface area contributed by atoms with E-state index in [1.165, 1.54) is 5.52 Å². The smallest absolute Gasteiger partial charge is 0.0661 e. The van der Waals surface area contributed by atoms with Gasteiger partial charge in [-0.25, -0.2) is 0 Å². The fourth-order valence-corrected chi connectivity index (χ4v) is 1.97. The Morgan fingerprint density at radius 2 is 2.00 bits per heavy atom. The Kier molecular flexibility index (Phi) is 2.98. The number of fused-ring (bicyclic) bond motifs is 1. The third kappa shape index (κ3) is 2.16. The molecule has 15 heavy (non-hydrogen) atoms. The first-order valence-electron chi connectivity index (χ1n) is 5.06. The molecule has 0 N–H and O–H groups in total. The summed E-state index contributed by atoms with van der Waals surface area (Å²) in [7, 11) is 4.15. The van der Waals surface area contributed by atoms with Crippen molar-refractivity contribution in [2.75, 3.05) is 20.6 Å². The van der Waals surface area contributed by atoms with Crippen LogP contribution in [0.2, 0.25) is 5.02 Å². The highest BCUT2D eigenvalue weighted by Gasteiger charge is 2.05. The van der Waals surface area contributed by atoms with Gasteiger partial charge in [-0.1, -0.05) is 29.8 Å². The molecule has 0 aliphatic carbocycles. The summed E-state index contributed by atoms with van der Waals surface area (Å²) in [6.45, 7) is 2.00. The first-order valence-corrected chi connectivity index (χ1v) is 5.44. The van der Waals surface area contributed by atoms with E-state index in [2.05, 4.69) is 35.7 Å². The Hall–Kier alpha value is -0.990. The number of nitrogens with zero attached hydrogens (tertiary/aromatic N) is 2. The molecule has 0 saturated heterocycles. The maximum Gasteiger partial charge on any atom is 0.0661 e. The quantitative estimate of drug-likeness (QED) is 0.776. The number of likely N-dealkylation sites (N-methyl/N-ethyl adjacent to an activating group) is 1. The van der Waals surface area contributed by atoms with Crippen LogP contribution in [-0.2, 0) is 6.54 Å². The fourth-order valence-electron chi connectivity index (χ4n) is 1.69. The number of hydrogen-bond acceptors (Lipinski definition) is 1. The van der Waals surface area contributed by atoms with Crippen molar-refractivity contribution in [3.63, 3.8) is 0 Å². The molecule has 2 rings (SSSR count). The van der Waals surface area contributed by atoms with Crippen LogP contribution in [0.3, 0.4) is 0 Å². The third-order valence-corrected chi connectivity index (χ3v) is 2.83. The van der Waals surface area contributed by atoms with E-state index >= 15 is 0 Å². The van der Waals surface area contributed by atoms with Gasteiger partial charge >= 0.3 is 0 Å². The summed E-state index contributed by atoms with van der Waals surface area (Å²) < 4.78 is 2.21. The van der Waals surface area contributed by atoms with Crippen molar-refractivity contribution in [2.45, 2.75) is 6.54 Å². The highest BCUT2D eigenvalue weighted by molar-refractivity contribution is 6.35. The summed E-state index contributed by atoms with van der Waals surface area (Å²) in [5, 5.41) is 1.97. The van der Waals surface area contributed by atoms with Crippen LogP contribution >= 0.6 is 11.6 Å². The monoisotopic (exact) mass is 222 g/mol. The van der Waals surface area contributed by atoms with Gasteiger partial charge in [-0.15, -0.1) is 0 Å². The van der Waals surface area contributed by atoms with Crippen LogP contribution < -0.4 is 0 Å². The van der Waals surface area contributed by atoms with Crippen molar-refractivity contribution in [3.05, 3.63) is 35.5 Å². The number of rotatable bonds is 3. The third-order valence-electron chi connectivity index (χ3n) is 2.53. The van der Waals surface area contributed by atoms with E-state index in [0.29, 0.717) is 0 Å². The highest BCUT2D eigenvalue weighted by atomic mass is 35.5. The predicted octanol–water partition coefficient (Wildman–Crippen LogP) is 2.86. The van der Waals surface area contributed by atoms with Crippen molar-refractivity contribution in [1.82, 2.24) is 9.47 Å². The maximum atomic E-state index is 6.16. The predicted molar refractivity (Wildman–Crippen MR) is 65.5 cm³/mol. The van der Waals surface area contributed by atoms with Crippen LogP contribution in [0.15, 0.2) is 30.5 Å². The van der Waals surface area contributed by atoms with E-state index in [1.54, 1.807) is 0 Å². The molecule has 2 aromatic rings. The lowest BCUT2D eigenvalue weighted by Crippen LogP contribution is -2.17. The summed E-state index contributed by atoms with van der Waals surface area (Å²) in [4.78, 5) is 2.17. The zero-order valence-electron chi connectivity index (χ0n) is 9.07. The first kappa shape index (κ1) is 10.5. The molecular weight excluding hydrogens is 208 g/mol. The van der Waals surface area contributed by atoms with Crippen LogP contribution in [0.4, 0.5) is 0 Å². The van der Waals surface area contributed by atoms with Crippen molar-refractivity contribution in [3.8, 4) is 0 Å². The van der Waals surface area contributed by atoms with Crippen LogP contribution in [0.5, 0.6) is 0 Å². The molecule has 0 atom stereocenters. The Morgan fingerprint density at radius 3 is 2.73 bits per heavy atom. The van der Waals surface area contributed by atoms with Gasteiger partial charge in [0.15, 0.2) is 0 Å². The van der Waals surface area contributed by atoms with Crippen molar-refractivity contribution < 1.29 is 0 Å².